The molecule has 2 heterocycles. The molecule has 27 heavy (non-hydrogen) atoms. The van der Waals surface area contributed by atoms with Crippen molar-refractivity contribution in [3.05, 3.63) is 53.5 Å². The van der Waals surface area contributed by atoms with Crippen LogP contribution in [0.4, 0.5) is 5.69 Å². The monoisotopic (exact) mass is 382 g/mol. The Balaban J connectivity index is 1.44. The molecular weight excluding hydrogens is 364 g/mol. The number of carbonyl (C=O) groups excluding carboxylic acids is 1. The molecule has 1 aromatic heterocycles. The lowest BCUT2D eigenvalue weighted by atomic mass is 10.2. The second kappa shape index (κ2) is 7.67. The summed E-state index contributed by atoms with van der Waals surface area (Å²) >= 11 is 1.50. The van der Waals surface area contributed by atoms with Crippen LogP contribution in [-0.4, -0.2) is 24.3 Å². The number of amides is 1. The van der Waals surface area contributed by atoms with E-state index in [2.05, 4.69) is 10.3 Å². The largest absolute Gasteiger partial charge is 0.493 e. The maximum absolute atomic E-state index is 12.4. The van der Waals surface area contributed by atoms with Gasteiger partial charge in [0.1, 0.15) is 10.8 Å². The number of aromatic nitrogens is 1. The third kappa shape index (κ3) is 3.88. The summed E-state index contributed by atoms with van der Waals surface area (Å²) in [6.45, 7) is 2.75. The predicted octanol–water partition coefficient (Wildman–Crippen LogP) is 4.12. The summed E-state index contributed by atoms with van der Waals surface area (Å²) in [5, 5.41) is 5.60. The van der Waals surface area contributed by atoms with Gasteiger partial charge in [0.2, 0.25) is 12.7 Å². The molecule has 0 aliphatic carbocycles. The molecule has 3 aromatic rings. The minimum Gasteiger partial charge on any atom is -0.493 e. The summed E-state index contributed by atoms with van der Waals surface area (Å²) in [4.78, 5) is 16.9. The van der Waals surface area contributed by atoms with Gasteiger partial charge in [0.25, 0.3) is 0 Å². The first-order chi connectivity index (χ1) is 13.2. The zero-order valence-electron chi connectivity index (χ0n) is 14.7. The van der Waals surface area contributed by atoms with E-state index in [1.54, 1.807) is 18.2 Å². The molecule has 2 aromatic carbocycles. The Bertz CT molecular complexity index is 970. The van der Waals surface area contributed by atoms with Gasteiger partial charge in [-0.25, -0.2) is 4.98 Å². The fourth-order valence-electron chi connectivity index (χ4n) is 2.78. The van der Waals surface area contributed by atoms with Crippen LogP contribution in [-0.2, 0) is 11.2 Å². The molecule has 1 aliphatic heterocycles. The van der Waals surface area contributed by atoms with E-state index in [0.29, 0.717) is 23.8 Å². The smallest absolute Gasteiger partial charge is 0.231 e. The highest BCUT2D eigenvalue weighted by molar-refractivity contribution is 7.13. The number of anilines is 1. The molecule has 1 amide bonds. The molecule has 0 spiro atoms. The van der Waals surface area contributed by atoms with Crippen LogP contribution in [0.2, 0.25) is 0 Å². The molecule has 6 nitrogen and oxygen atoms in total. The second-order valence-electron chi connectivity index (χ2n) is 5.87. The van der Waals surface area contributed by atoms with Gasteiger partial charge in [-0.2, -0.15) is 0 Å². The average molecular weight is 382 g/mol. The lowest BCUT2D eigenvalue weighted by Crippen LogP contribution is -2.14. The summed E-state index contributed by atoms with van der Waals surface area (Å²) in [6, 6.07) is 13.1. The van der Waals surface area contributed by atoms with Gasteiger partial charge in [0, 0.05) is 17.1 Å². The van der Waals surface area contributed by atoms with E-state index >= 15 is 0 Å². The van der Waals surface area contributed by atoms with Crippen LogP contribution in [0.25, 0.3) is 10.6 Å². The molecular formula is C20H18N2O4S. The van der Waals surface area contributed by atoms with Crippen LogP contribution in [0.5, 0.6) is 17.2 Å². The van der Waals surface area contributed by atoms with Gasteiger partial charge in [0.15, 0.2) is 11.5 Å². The predicted molar refractivity (Wildman–Crippen MR) is 104 cm³/mol. The van der Waals surface area contributed by atoms with E-state index in [4.69, 9.17) is 14.2 Å². The zero-order chi connectivity index (χ0) is 18.6. The second-order valence-corrected chi connectivity index (χ2v) is 6.72. The molecule has 0 bridgehead atoms. The van der Waals surface area contributed by atoms with Gasteiger partial charge in [0.05, 0.1) is 24.3 Å². The first-order valence-corrected chi connectivity index (χ1v) is 9.47. The number of nitrogens with zero attached hydrogens (tertiary/aromatic N) is 1. The number of benzene rings is 2. The summed E-state index contributed by atoms with van der Waals surface area (Å²) in [5.41, 5.74) is 2.33. The summed E-state index contributed by atoms with van der Waals surface area (Å²) < 4.78 is 16.3. The molecule has 4 rings (SSSR count). The Kier molecular flexibility index (Phi) is 4.93. The number of hydrogen-bond acceptors (Lipinski definition) is 6. The number of thiazole rings is 1. The first-order valence-electron chi connectivity index (χ1n) is 8.59. The third-order valence-corrected chi connectivity index (χ3v) is 4.89. The molecule has 0 atom stereocenters. The van der Waals surface area contributed by atoms with Gasteiger partial charge in [-0.1, -0.05) is 12.1 Å². The van der Waals surface area contributed by atoms with Crippen molar-refractivity contribution in [3.63, 3.8) is 0 Å². The van der Waals surface area contributed by atoms with E-state index in [0.717, 1.165) is 22.0 Å². The molecule has 0 fully saturated rings. The van der Waals surface area contributed by atoms with Crippen molar-refractivity contribution in [3.8, 4) is 27.8 Å². The maximum Gasteiger partial charge on any atom is 0.231 e. The Morgan fingerprint density at radius 1 is 1.22 bits per heavy atom. The number of nitrogens with one attached hydrogen (secondary N) is 1. The summed E-state index contributed by atoms with van der Waals surface area (Å²) in [5.74, 6) is 1.98. The van der Waals surface area contributed by atoms with Crippen molar-refractivity contribution in [1.82, 2.24) is 4.98 Å². The zero-order valence-corrected chi connectivity index (χ0v) is 15.5. The highest BCUT2D eigenvalue weighted by atomic mass is 32.1. The first kappa shape index (κ1) is 17.4. The lowest BCUT2D eigenvalue weighted by Gasteiger charge is -2.07. The highest BCUT2D eigenvalue weighted by Crippen LogP contribution is 2.34. The van der Waals surface area contributed by atoms with E-state index in [1.807, 2.05) is 36.6 Å². The molecule has 0 unspecified atom stereocenters. The number of hydrogen-bond donors (Lipinski definition) is 1. The Labute approximate surface area is 160 Å². The van der Waals surface area contributed by atoms with E-state index in [-0.39, 0.29) is 19.1 Å². The average Bonchev–Trinajstić information content (AvgIpc) is 3.31. The van der Waals surface area contributed by atoms with Gasteiger partial charge in [-0.3, -0.25) is 4.79 Å². The van der Waals surface area contributed by atoms with Crippen molar-refractivity contribution in [2.24, 2.45) is 0 Å². The molecule has 0 radical (unpaired) electrons. The standard InChI is InChI=1S/C20H18N2O4S/c1-2-24-16-6-4-3-5-15(16)20-22-14(11-27-20)10-19(23)21-13-7-8-17-18(9-13)26-12-25-17/h3-9,11H,2,10,12H2,1H3,(H,21,23). The third-order valence-electron chi connectivity index (χ3n) is 3.97. The van der Waals surface area contributed by atoms with Gasteiger partial charge in [-0.05, 0) is 31.2 Å². The molecule has 138 valence electrons. The number of fused-ring (bicyclic) bond motifs is 1. The fourth-order valence-corrected chi connectivity index (χ4v) is 3.63. The minimum absolute atomic E-state index is 0.135. The van der Waals surface area contributed by atoms with Gasteiger partial charge < -0.3 is 19.5 Å². The highest BCUT2D eigenvalue weighted by Gasteiger charge is 2.15. The number of rotatable bonds is 6. The molecule has 7 heteroatoms. The van der Waals surface area contributed by atoms with Crippen molar-refractivity contribution in [1.29, 1.82) is 0 Å². The summed E-state index contributed by atoms with van der Waals surface area (Å²) in [6.07, 6.45) is 0.196. The molecule has 0 saturated heterocycles. The van der Waals surface area contributed by atoms with Crippen LogP contribution in [0.3, 0.4) is 0 Å². The van der Waals surface area contributed by atoms with E-state index in [9.17, 15) is 4.79 Å². The Morgan fingerprint density at radius 2 is 2.07 bits per heavy atom. The van der Waals surface area contributed by atoms with Crippen molar-refractivity contribution in [2.45, 2.75) is 13.3 Å². The topological polar surface area (TPSA) is 69.7 Å². The molecule has 1 N–H and O–H groups in total. The Hall–Kier alpha value is -3.06. The number of carbonyl (C=O) groups is 1. The van der Waals surface area contributed by atoms with Crippen molar-refractivity contribution < 1.29 is 19.0 Å². The fraction of sp³-hybridized carbons (Fsp3) is 0.200. The number of ether oxygens (including phenoxy) is 3. The quantitative estimate of drug-likeness (QED) is 0.694. The van der Waals surface area contributed by atoms with E-state index < -0.39 is 0 Å². The normalized spacial score (nSPS) is 12.0. The molecule has 0 saturated carbocycles. The maximum atomic E-state index is 12.4. The Morgan fingerprint density at radius 3 is 2.96 bits per heavy atom. The molecule has 1 aliphatic rings. The van der Waals surface area contributed by atoms with Crippen molar-refractivity contribution >= 4 is 22.9 Å². The number of para-hydroxylation sites is 1. The van der Waals surface area contributed by atoms with Crippen LogP contribution in [0, 0.1) is 0 Å². The van der Waals surface area contributed by atoms with Crippen LogP contribution < -0.4 is 19.5 Å². The van der Waals surface area contributed by atoms with Gasteiger partial charge in [-0.15, -0.1) is 11.3 Å². The van der Waals surface area contributed by atoms with Gasteiger partial charge >= 0.3 is 0 Å². The van der Waals surface area contributed by atoms with Crippen molar-refractivity contribution in [2.75, 3.05) is 18.7 Å². The van der Waals surface area contributed by atoms with Crippen LogP contribution >= 0.6 is 11.3 Å². The van der Waals surface area contributed by atoms with Crippen LogP contribution in [0.15, 0.2) is 47.8 Å². The summed E-state index contributed by atoms with van der Waals surface area (Å²) in [7, 11) is 0. The SMILES string of the molecule is CCOc1ccccc1-c1nc(CC(=O)Nc2ccc3c(c2)OCO3)cs1. The van der Waals surface area contributed by atoms with E-state index in [1.165, 1.54) is 11.3 Å². The minimum atomic E-state index is -0.135. The van der Waals surface area contributed by atoms with Crippen LogP contribution in [0.1, 0.15) is 12.6 Å². The lowest BCUT2D eigenvalue weighted by molar-refractivity contribution is -0.115.